The molecule has 110 valence electrons. The number of nitrogen functional groups attached to an aromatic ring is 1. The molecular weight excluding hydrogens is 277 g/mol. The molecule has 0 saturated carbocycles. The third-order valence-electron chi connectivity index (χ3n) is 2.77. The zero-order valence-corrected chi connectivity index (χ0v) is 11.4. The van der Waals surface area contributed by atoms with Crippen LogP contribution in [0.5, 0.6) is 0 Å². The topological polar surface area (TPSA) is 98.1 Å². The lowest BCUT2D eigenvalue weighted by molar-refractivity contribution is -0.142. The fourth-order valence-electron chi connectivity index (χ4n) is 1.81. The summed E-state index contributed by atoms with van der Waals surface area (Å²) in [6.45, 7) is 1.88. The largest absolute Gasteiger partial charge is 0.466 e. The van der Waals surface area contributed by atoms with Gasteiger partial charge in [0.25, 0.3) is 5.56 Å². The molecule has 2 rings (SSSR count). The van der Waals surface area contributed by atoms with Crippen molar-refractivity contribution in [3.05, 3.63) is 46.0 Å². The van der Waals surface area contributed by atoms with Gasteiger partial charge in [-0.15, -0.1) is 0 Å². The van der Waals surface area contributed by atoms with Crippen molar-refractivity contribution in [2.45, 2.75) is 13.3 Å². The van der Waals surface area contributed by atoms with E-state index in [4.69, 9.17) is 10.5 Å². The Morgan fingerprint density at radius 1 is 1.48 bits per heavy atom. The second-order valence-corrected chi connectivity index (χ2v) is 4.27. The van der Waals surface area contributed by atoms with E-state index in [0.29, 0.717) is 5.56 Å². The van der Waals surface area contributed by atoms with Gasteiger partial charge in [-0.05, 0) is 19.1 Å². The molecule has 7 heteroatoms. The first-order valence-corrected chi connectivity index (χ1v) is 6.31. The van der Waals surface area contributed by atoms with Gasteiger partial charge in [-0.3, -0.25) is 9.59 Å². The first-order chi connectivity index (χ1) is 10.0. The zero-order chi connectivity index (χ0) is 15.4. The number of carbonyl (C=O) groups is 1. The van der Waals surface area contributed by atoms with E-state index in [-0.39, 0.29) is 30.2 Å². The fourth-order valence-corrected chi connectivity index (χ4v) is 1.81. The number of nitrogens with zero attached hydrogens (tertiary/aromatic N) is 1. The minimum absolute atomic E-state index is 0.0357. The summed E-state index contributed by atoms with van der Waals surface area (Å²) in [7, 11) is 0. The molecule has 1 aromatic heterocycles. The number of esters is 1. The normalized spacial score (nSPS) is 10.4. The van der Waals surface area contributed by atoms with Crippen molar-refractivity contribution < 1.29 is 13.9 Å². The molecule has 3 N–H and O–H groups in total. The Morgan fingerprint density at radius 3 is 2.86 bits per heavy atom. The summed E-state index contributed by atoms with van der Waals surface area (Å²) < 4.78 is 17.9. The van der Waals surface area contributed by atoms with Crippen LogP contribution in [0.15, 0.2) is 29.1 Å². The summed E-state index contributed by atoms with van der Waals surface area (Å²) in [4.78, 5) is 29.9. The van der Waals surface area contributed by atoms with Crippen LogP contribution in [0.2, 0.25) is 0 Å². The molecule has 0 atom stereocenters. The number of aromatic amines is 1. The van der Waals surface area contributed by atoms with Gasteiger partial charge in [0.1, 0.15) is 17.5 Å². The quantitative estimate of drug-likeness (QED) is 0.826. The van der Waals surface area contributed by atoms with Gasteiger partial charge in [0, 0.05) is 5.56 Å². The van der Waals surface area contributed by atoms with Crippen LogP contribution in [0.1, 0.15) is 12.5 Å². The van der Waals surface area contributed by atoms with Gasteiger partial charge in [-0.1, -0.05) is 12.1 Å². The van der Waals surface area contributed by atoms with E-state index in [1.165, 1.54) is 18.2 Å². The van der Waals surface area contributed by atoms with Crippen molar-refractivity contribution in [2.24, 2.45) is 0 Å². The van der Waals surface area contributed by atoms with E-state index in [1.807, 2.05) is 0 Å². The van der Waals surface area contributed by atoms with Crippen LogP contribution >= 0.6 is 0 Å². The molecule has 0 radical (unpaired) electrons. The van der Waals surface area contributed by atoms with Crippen molar-refractivity contribution in [2.75, 3.05) is 12.3 Å². The highest BCUT2D eigenvalue weighted by Crippen LogP contribution is 2.17. The molecule has 1 heterocycles. The molecule has 0 saturated heterocycles. The number of rotatable bonds is 4. The molecule has 21 heavy (non-hydrogen) atoms. The molecule has 0 spiro atoms. The number of ether oxygens (including phenoxy) is 1. The van der Waals surface area contributed by atoms with Crippen LogP contribution in [0.25, 0.3) is 11.4 Å². The van der Waals surface area contributed by atoms with Gasteiger partial charge in [0.15, 0.2) is 0 Å². The minimum atomic E-state index is -0.560. The number of nitrogens with one attached hydrogen (secondary N) is 1. The van der Waals surface area contributed by atoms with Crippen molar-refractivity contribution in [3.63, 3.8) is 0 Å². The summed E-state index contributed by atoms with van der Waals surface area (Å²) in [5, 5.41) is 0. The molecule has 2 aromatic rings. The molecule has 0 amide bonds. The highest BCUT2D eigenvalue weighted by atomic mass is 19.1. The first kappa shape index (κ1) is 14.7. The second-order valence-electron chi connectivity index (χ2n) is 4.27. The fraction of sp³-hybridized carbons (Fsp3) is 0.214. The average Bonchev–Trinajstić information content (AvgIpc) is 2.43. The van der Waals surface area contributed by atoms with Gasteiger partial charge in [0.05, 0.1) is 18.6 Å². The van der Waals surface area contributed by atoms with Crippen molar-refractivity contribution in [1.82, 2.24) is 9.97 Å². The molecule has 0 fully saturated rings. The monoisotopic (exact) mass is 291 g/mol. The Labute approximate surface area is 119 Å². The number of aromatic nitrogens is 2. The SMILES string of the molecule is CCOC(=O)Cc1c(N)nc(-c2cccc(F)c2)[nH]c1=O. The van der Waals surface area contributed by atoms with Gasteiger partial charge in [0.2, 0.25) is 0 Å². The number of halogens is 1. The van der Waals surface area contributed by atoms with Gasteiger partial charge in [-0.25, -0.2) is 9.37 Å². The number of nitrogens with two attached hydrogens (primary N) is 1. The number of hydrogen-bond donors (Lipinski definition) is 2. The lowest BCUT2D eigenvalue weighted by Gasteiger charge is -2.07. The molecule has 0 aliphatic heterocycles. The van der Waals surface area contributed by atoms with Gasteiger partial charge in [-0.2, -0.15) is 0 Å². The van der Waals surface area contributed by atoms with Crippen LogP contribution in [0.3, 0.4) is 0 Å². The lowest BCUT2D eigenvalue weighted by Crippen LogP contribution is -2.22. The van der Waals surface area contributed by atoms with Crippen molar-refractivity contribution >= 4 is 11.8 Å². The van der Waals surface area contributed by atoms with Crippen LogP contribution in [0, 0.1) is 5.82 Å². The van der Waals surface area contributed by atoms with E-state index >= 15 is 0 Å². The predicted molar refractivity (Wildman–Crippen MR) is 75.0 cm³/mol. The predicted octanol–water partition coefficient (Wildman–Crippen LogP) is 1.26. The van der Waals surface area contributed by atoms with Crippen molar-refractivity contribution in [1.29, 1.82) is 0 Å². The van der Waals surface area contributed by atoms with Crippen molar-refractivity contribution in [3.8, 4) is 11.4 Å². The Bertz CT molecular complexity index is 728. The summed E-state index contributed by atoms with van der Waals surface area (Å²) >= 11 is 0. The van der Waals surface area contributed by atoms with Gasteiger partial charge >= 0.3 is 5.97 Å². The third kappa shape index (κ3) is 3.44. The Balaban J connectivity index is 2.37. The van der Waals surface area contributed by atoms with E-state index in [2.05, 4.69) is 9.97 Å². The Kier molecular flexibility index (Phi) is 4.32. The third-order valence-corrected chi connectivity index (χ3v) is 2.77. The number of H-pyrrole nitrogens is 1. The Morgan fingerprint density at radius 2 is 2.24 bits per heavy atom. The molecule has 0 bridgehead atoms. The number of hydrogen-bond acceptors (Lipinski definition) is 5. The van der Waals surface area contributed by atoms with Crippen LogP contribution in [-0.2, 0) is 16.0 Å². The van der Waals surface area contributed by atoms with E-state index in [1.54, 1.807) is 13.0 Å². The maximum Gasteiger partial charge on any atom is 0.310 e. The number of carbonyl (C=O) groups excluding carboxylic acids is 1. The minimum Gasteiger partial charge on any atom is -0.466 e. The molecule has 0 aliphatic carbocycles. The average molecular weight is 291 g/mol. The van der Waals surface area contributed by atoms with E-state index in [0.717, 1.165) is 0 Å². The van der Waals surface area contributed by atoms with Crippen LogP contribution in [-0.4, -0.2) is 22.5 Å². The van der Waals surface area contributed by atoms with E-state index < -0.39 is 17.3 Å². The Hall–Kier alpha value is -2.70. The van der Waals surface area contributed by atoms with E-state index in [9.17, 15) is 14.0 Å². The summed E-state index contributed by atoms with van der Waals surface area (Å²) in [5.41, 5.74) is 5.59. The maximum atomic E-state index is 13.2. The highest BCUT2D eigenvalue weighted by molar-refractivity contribution is 5.74. The molecule has 1 aromatic carbocycles. The molecular formula is C14H14FN3O3. The lowest BCUT2D eigenvalue weighted by atomic mass is 10.2. The standard InChI is InChI=1S/C14H14FN3O3/c1-2-21-11(19)7-10-12(16)17-13(18-14(10)20)8-4-3-5-9(15)6-8/h3-6H,2,7H2,1H3,(H3,16,17,18,20). The summed E-state index contributed by atoms with van der Waals surface area (Å²) in [6.07, 6.45) is -0.258. The molecule has 6 nitrogen and oxygen atoms in total. The molecule has 0 unspecified atom stereocenters. The van der Waals surface area contributed by atoms with Crippen LogP contribution in [0.4, 0.5) is 10.2 Å². The zero-order valence-electron chi connectivity index (χ0n) is 11.4. The summed E-state index contributed by atoms with van der Waals surface area (Å²) in [6, 6.07) is 5.59. The summed E-state index contributed by atoms with van der Waals surface area (Å²) in [5.74, 6) is -0.949. The van der Waals surface area contributed by atoms with Gasteiger partial charge < -0.3 is 15.5 Å². The smallest absolute Gasteiger partial charge is 0.310 e. The first-order valence-electron chi connectivity index (χ1n) is 6.31. The number of anilines is 1. The maximum absolute atomic E-state index is 13.2. The number of benzene rings is 1. The molecule has 0 aliphatic rings. The van der Waals surface area contributed by atoms with Crippen LogP contribution < -0.4 is 11.3 Å². The second kappa shape index (κ2) is 6.17. The highest BCUT2D eigenvalue weighted by Gasteiger charge is 2.14.